The molecule has 4 rings (SSSR count). The van der Waals surface area contributed by atoms with Crippen molar-refractivity contribution in [2.24, 2.45) is 0 Å². The molecule has 1 fully saturated rings. The minimum absolute atomic E-state index is 0.0218. The lowest BCUT2D eigenvalue weighted by molar-refractivity contribution is -0.385. The molecule has 1 saturated heterocycles. The number of rotatable bonds is 6. The molecule has 7 nitrogen and oxygen atoms in total. The van der Waals surface area contributed by atoms with E-state index in [1.807, 2.05) is 0 Å². The molecular formula is C25H23F2N3O4. The Hall–Kier alpha value is -3.85. The van der Waals surface area contributed by atoms with Gasteiger partial charge in [0, 0.05) is 32.2 Å². The van der Waals surface area contributed by atoms with Crippen LogP contribution in [0.25, 0.3) is 0 Å². The van der Waals surface area contributed by atoms with Crippen molar-refractivity contribution in [3.8, 4) is 5.75 Å². The molecule has 0 aliphatic carbocycles. The van der Waals surface area contributed by atoms with Crippen LogP contribution in [0.4, 0.5) is 14.5 Å². The number of hydrogen-bond acceptors (Lipinski definition) is 5. The maximum absolute atomic E-state index is 13.5. The van der Waals surface area contributed by atoms with Crippen LogP contribution >= 0.6 is 0 Å². The molecule has 0 saturated carbocycles. The average Bonchev–Trinajstić information content (AvgIpc) is 2.86. The van der Waals surface area contributed by atoms with Crippen LogP contribution in [0.2, 0.25) is 0 Å². The van der Waals surface area contributed by atoms with Crippen molar-refractivity contribution in [3.05, 3.63) is 105 Å². The van der Waals surface area contributed by atoms with E-state index in [9.17, 15) is 23.7 Å². The smallest absolute Gasteiger partial charge is 0.282 e. The van der Waals surface area contributed by atoms with Gasteiger partial charge in [0.2, 0.25) is 0 Å². The Labute approximate surface area is 195 Å². The normalized spacial score (nSPS) is 14.3. The molecule has 0 bridgehead atoms. The van der Waals surface area contributed by atoms with Gasteiger partial charge in [0.15, 0.2) is 0 Å². The topological polar surface area (TPSA) is 75.9 Å². The highest BCUT2D eigenvalue weighted by molar-refractivity contribution is 5.98. The number of amides is 1. The first-order chi connectivity index (χ1) is 16.4. The van der Waals surface area contributed by atoms with Gasteiger partial charge in [0.1, 0.15) is 22.9 Å². The monoisotopic (exact) mass is 467 g/mol. The minimum Gasteiger partial charge on any atom is -0.497 e. The Morgan fingerprint density at radius 2 is 1.44 bits per heavy atom. The summed E-state index contributed by atoms with van der Waals surface area (Å²) in [6.45, 7) is 1.63. The first-order valence-electron chi connectivity index (χ1n) is 10.7. The molecule has 34 heavy (non-hydrogen) atoms. The molecule has 0 spiro atoms. The fourth-order valence-corrected chi connectivity index (χ4v) is 4.23. The number of nitro benzene ring substituents is 1. The number of piperazine rings is 1. The molecule has 1 amide bonds. The van der Waals surface area contributed by atoms with E-state index in [1.165, 1.54) is 49.6 Å². The second-order valence-corrected chi connectivity index (χ2v) is 7.97. The van der Waals surface area contributed by atoms with E-state index in [-0.39, 0.29) is 28.9 Å². The summed E-state index contributed by atoms with van der Waals surface area (Å²) in [5, 5.41) is 11.4. The summed E-state index contributed by atoms with van der Waals surface area (Å²) in [5.41, 5.74) is 1.39. The number of methoxy groups -OCH3 is 1. The van der Waals surface area contributed by atoms with Gasteiger partial charge in [-0.3, -0.25) is 19.8 Å². The lowest BCUT2D eigenvalue weighted by Crippen LogP contribution is -2.50. The Kier molecular flexibility index (Phi) is 6.83. The number of carbonyl (C=O) groups is 1. The molecule has 3 aromatic carbocycles. The Balaban J connectivity index is 1.56. The summed E-state index contributed by atoms with van der Waals surface area (Å²) < 4.78 is 32.2. The number of hydrogen-bond donors (Lipinski definition) is 0. The van der Waals surface area contributed by atoms with Crippen LogP contribution < -0.4 is 4.74 Å². The van der Waals surface area contributed by atoms with Crippen molar-refractivity contribution >= 4 is 11.6 Å². The number of benzene rings is 3. The summed E-state index contributed by atoms with van der Waals surface area (Å²) in [5.74, 6) is -0.778. The SMILES string of the molecule is COc1ccc([N+](=O)[O-])c(C(=O)N2CCN(C(c3ccc(F)cc3)c3ccc(F)cc3)CC2)c1. The number of halogens is 2. The van der Waals surface area contributed by atoms with Gasteiger partial charge >= 0.3 is 0 Å². The summed E-state index contributed by atoms with van der Waals surface area (Å²) in [6.07, 6.45) is 0. The number of nitrogens with zero attached hydrogens (tertiary/aromatic N) is 3. The molecule has 9 heteroatoms. The standard InChI is InChI=1S/C25H23F2N3O4/c1-34-21-10-11-23(30(32)33)22(16-21)25(31)29-14-12-28(13-15-29)24(17-2-6-19(26)7-3-17)18-4-8-20(27)9-5-18/h2-11,16,24H,12-15H2,1H3. The second-order valence-electron chi connectivity index (χ2n) is 7.97. The van der Waals surface area contributed by atoms with E-state index >= 15 is 0 Å². The second kappa shape index (κ2) is 9.96. The third-order valence-electron chi connectivity index (χ3n) is 5.97. The lowest BCUT2D eigenvalue weighted by Gasteiger charge is -2.39. The van der Waals surface area contributed by atoms with E-state index in [1.54, 1.807) is 29.2 Å². The highest BCUT2D eigenvalue weighted by Crippen LogP contribution is 2.31. The quantitative estimate of drug-likeness (QED) is 0.396. The van der Waals surface area contributed by atoms with Crippen LogP contribution in [0.1, 0.15) is 27.5 Å². The number of nitro groups is 1. The van der Waals surface area contributed by atoms with Gasteiger partial charge < -0.3 is 9.64 Å². The van der Waals surface area contributed by atoms with Crippen LogP contribution in [0.3, 0.4) is 0 Å². The van der Waals surface area contributed by atoms with Crippen LogP contribution in [0.15, 0.2) is 66.7 Å². The van der Waals surface area contributed by atoms with Crippen molar-refractivity contribution in [2.75, 3.05) is 33.3 Å². The van der Waals surface area contributed by atoms with Gasteiger partial charge in [0.25, 0.3) is 11.6 Å². The van der Waals surface area contributed by atoms with Crippen LogP contribution in [0, 0.1) is 21.7 Å². The van der Waals surface area contributed by atoms with E-state index in [0.29, 0.717) is 31.9 Å². The van der Waals surface area contributed by atoms with E-state index < -0.39 is 10.8 Å². The van der Waals surface area contributed by atoms with E-state index in [0.717, 1.165) is 11.1 Å². The third kappa shape index (κ3) is 4.89. The molecule has 0 unspecified atom stereocenters. The fraction of sp³-hybridized carbons (Fsp3) is 0.240. The molecule has 0 radical (unpaired) electrons. The highest BCUT2D eigenvalue weighted by Gasteiger charge is 2.31. The third-order valence-corrected chi connectivity index (χ3v) is 5.97. The molecular weight excluding hydrogens is 444 g/mol. The lowest BCUT2D eigenvalue weighted by atomic mass is 9.96. The molecule has 1 aliphatic rings. The predicted octanol–water partition coefficient (Wildman–Crippen LogP) is 4.43. The summed E-state index contributed by atoms with van der Waals surface area (Å²) in [7, 11) is 1.43. The van der Waals surface area contributed by atoms with Crippen molar-refractivity contribution in [3.63, 3.8) is 0 Å². The maximum Gasteiger partial charge on any atom is 0.282 e. The van der Waals surface area contributed by atoms with Crippen LogP contribution in [-0.4, -0.2) is 53.9 Å². The predicted molar refractivity (Wildman–Crippen MR) is 122 cm³/mol. The first-order valence-corrected chi connectivity index (χ1v) is 10.7. The van der Waals surface area contributed by atoms with E-state index in [4.69, 9.17) is 4.74 Å². The van der Waals surface area contributed by atoms with Gasteiger partial charge in [-0.25, -0.2) is 8.78 Å². The maximum atomic E-state index is 13.5. The summed E-state index contributed by atoms with van der Waals surface area (Å²) >= 11 is 0. The average molecular weight is 467 g/mol. The van der Waals surface area contributed by atoms with Gasteiger partial charge in [-0.05, 0) is 47.5 Å². The number of carbonyl (C=O) groups excluding carboxylic acids is 1. The highest BCUT2D eigenvalue weighted by atomic mass is 19.1. The largest absolute Gasteiger partial charge is 0.497 e. The Bertz CT molecular complexity index is 1130. The van der Waals surface area contributed by atoms with Gasteiger partial charge in [-0.2, -0.15) is 0 Å². The molecule has 176 valence electrons. The molecule has 1 aliphatic heterocycles. The zero-order chi connectivity index (χ0) is 24.2. The van der Waals surface area contributed by atoms with Gasteiger partial charge in [-0.15, -0.1) is 0 Å². The van der Waals surface area contributed by atoms with Crippen molar-refractivity contribution in [2.45, 2.75) is 6.04 Å². The first kappa shape index (κ1) is 23.3. The van der Waals surface area contributed by atoms with Gasteiger partial charge in [0.05, 0.1) is 18.1 Å². The zero-order valence-corrected chi connectivity index (χ0v) is 18.5. The molecule has 0 N–H and O–H groups in total. The van der Waals surface area contributed by atoms with Crippen LogP contribution in [0.5, 0.6) is 5.75 Å². The van der Waals surface area contributed by atoms with Crippen molar-refractivity contribution in [1.82, 2.24) is 9.80 Å². The minimum atomic E-state index is -0.581. The van der Waals surface area contributed by atoms with Crippen molar-refractivity contribution in [1.29, 1.82) is 0 Å². The van der Waals surface area contributed by atoms with Crippen molar-refractivity contribution < 1.29 is 23.2 Å². The van der Waals surface area contributed by atoms with E-state index in [2.05, 4.69) is 4.90 Å². The molecule has 3 aromatic rings. The zero-order valence-electron chi connectivity index (χ0n) is 18.5. The Morgan fingerprint density at radius 1 is 0.912 bits per heavy atom. The summed E-state index contributed by atoms with van der Waals surface area (Å²) in [6, 6.07) is 16.1. The summed E-state index contributed by atoms with van der Waals surface area (Å²) in [4.78, 5) is 27.7. The van der Waals surface area contributed by atoms with Crippen LogP contribution in [-0.2, 0) is 0 Å². The fourth-order valence-electron chi connectivity index (χ4n) is 4.23. The molecule has 0 atom stereocenters. The van der Waals surface area contributed by atoms with Gasteiger partial charge in [-0.1, -0.05) is 24.3 Å². The number of ether oxygens (including phenoxy) is 1. The molecule has 1 heterocycles. The molecule has 0 aromatic heterocycles. The Morgan fingerprint density at radius 3 is 1.91 bits per heavy atom.